The summed E-state index contributed by atoms with van der Waals surface area (Å²) in [7, 11) is 0. The standard InChI is InChI=1S/C19H14ClNO6S/c1-19(2)26-17(22)15(18(23)27-19)10-11-9-13(21(24)25)5-8-16(11)28-14-6-3-12(20)4-7-14/h3-10H,1-2H3. The fraction of sp³-hybridized carbons (Fsp3) is 0.158. The second-order valence-corrected chi connectivity index (χ2v) is 7.82. The molecule has 0 amide bonds. The molecule has 0 atom stereocenters. The van der Waals surface area contributed by atoms with Gasteiger partial charge in [-0.2, -0.15) is 0 Å². The third kappa shape index (κ3) is 4.52. The Hall–Kier alpha value is -2.84. The van der Waals surface area contributed by atoms with Gasteiger partial charge in [0.2, 0.25) is 0 Å². The van der Waals surface area contributed by atoms with Crippen LogP contribution in [0.2, 0.25) is 5.02 Å². The van der Waals surface area contributed by atoms with Crippen molar-refractivity contribution in [2.24, 2.45) is 0 Å². The van der Waals surface area contributed by atoms with Crippen LogP contribution in [-0.4, -0.2) is 22.6 Å². The van der Waals surface area contributed by atoms with Gasteiger partial charge in [-0.3, -0.25) is 10.1 Å². The van der Waals surface area contributed by atoms with Crippen LogP contribution in [0, 0.1) is 10.1 Å². The molecule has 9 heteroatoms. The van der Waals surface area contributed by atoms with Gasteiger partial charge in [-0.25, -0.2) is 9.59 Å². The van der Waals surface area contributed by atoms with Gasteiger partial charge in [0, 0.05) is 40.8 Å². The molecule has 2 aromatic rings. The number of esters is 2. The van der Waals surface area contributed by atoms with Gasteiger partial charge in [0.1, 0.15) is 5.57 Å². The van der Waals surface area contributed by atoms with E-state index < -0.39 is 22.6 Å². The molecule has 3 rings (SSSR count). The number of hydrogen-bond donors (Lipinski definition) is 0. The summed E-state index contributed by atoms with van der Waals surface area (Å²) in [6.45, 7) is 2.88. The van der Waals surface area contributed by atoms with Gasteiger partial charge < -0.3 is 9.47 Å². The van der Waals surface area contributed by atoms with Crippen molar-refractivity contribution in [3.63, 3.8) is 0 Å². The number of carbonyl (C=O) groups excluding carboxylic acids is 2. The monoisotopic (exact) mass is 419 g/mol. The van der Waals surface area contributed by atoms with Gasteiger partial charge in [-0.05, 0) is 42.0 Å². The summed E-state index contributed by atoms with van der Waals surface area (Å²) < 4.78 is 10.1. The molecule has 2 aromatic carbocycles. The summed E-state index contributed by atoms with van der Waals surface area (Å²) in [5.41, 5.74) is -0.194. The Morgan fingerprint density at radius 2 is 1.68 bits per heavy atom. The SMILES string of the molecule is CC1(C)OC(=O)C(=Cc2cc([N+](=O)[O-])ccc2Sc2ccc(Cl)cc2)C(=O)O1. The van der Waals surface area contributed by atoms with Crippen LogP contribution in [-0.2, 0) is 19.1 Å². The van der Waals surface area contributed by atoms with E-state index in [-0.39, 0.29) is 11.3 Å². The van der Waals surface area contributed by atoms with Gasteiger partial charge in [-0.15, -0.1) is 0 Å². The number of cyclic esters (lactones) is 2. The van der Waals surface area contributed by atoms with Crippen molar-refractivity contribution in [2.45, 2.75) is 29.4 Å². The fourth-order valence-electron chi connectivity index (χ4n) is 2.42. The first-order valence-electron chi connectivity index (χ1n) is 8.05. The van der Waals surface area contributed by atoms with Gasteiger partial charge >= 0.3 is 11.9 Å². The zero-order valence-corrected chi connectivity index (χ0v) is 16.4. The van der Waals surface area contributed by atoms with E-state index in [2.05, 4.69) is 0 Å². The molecule has 144 valence electrons. The molecule has 1 aliphatic rings. The maximum absolute atomic E-state index is 12.2. The first kappa shape index (κ1) is 19.9. The molecule has 7 nitrogen and oxygen atoms in total. The van der Waals surface area contributed by atoms with Crippen LogP contribution < -0.4 is 0 Å². The van der Waals surface area contributed by atoms with Crippen LogP contribution in [0.5, 0.6) is 0 Å². The van der Waals surface area contributed by atoms with Crippen molar-refractivity contribution in [1.29, 1.82) is 0 Å². The maximum atomic E-state index is 12.2. The van der Waals surface area contributed by atoms with E-state index >= 15 is 0 Å². The van der Waals surface area contributed by atoms with Crippen LogP contribution >= 0.6 is 23.4 Å². The van der Waals surface area contributed by atoms with Gasteiger partial charge in [0.25, 0.3) is 11.5 Å². The lowest BCUT2D eigenvalue weighted by molar-refractivity contribution is -0.384. The van der Waals surface area contributed by atoms with Gasteiger partial charge in [0.15, 0.2) is 0 Å². The highest BCUT2D eigenvalue weighted by atomic mass is 35.5. The average molecular weight is 420 g/mol. The highest BCUT2D eigenvalue weighted by molar-refractivity contribution is 7.99. The molecule has 0 N–H and O–H groups in total. The lowest BCUT2D eigenvalue weighted by Gasteiger charge is -2.29. The fourth-order valence-corrected chi connectivity index (χ4v) is 3.44. The Balaban J connectivity index is 2.03. The lowest BCUT2D eigenvalue weighted by Crippen LogP contribution is -2.41. The van der Waals surface area contributed by atoms with E-state index in [0.29, 0.717) is 15.5 Å². The average Bonchev–Trinajstić information content (AvgIpc) is 2.60. The largest absolute Gasteiger partial charge is 0.419 e. The molecular formula is C19H14ClNO6S. The zero-order chi connectivity index (χ0) is 20.5. The number of hydrogen-bond acceptors (Lipinski definition) is 7. The number of halogens is 1. The van der Waals surface area contributed by atoms with Crippen molar-refractivity contribution in [1.82, 2.24) is 0 Å². The first-order chi connectivity index (χ1) is 13.1. The molecule has 0 spiro atoms. The Labute approximate surface area is 169 Å². The molecule has 1 saturated heterocycles. The lowest BCUT2D eigenvalue weighted by atomic mass is 10.1. The Morgan fingerprint density at radius 3 is 2.25 bits per heavy atom. The predicted molar refractivity (Wildman–Crippen MR) is 103 cm³/mol. The van der Waals surface area contributed by atoms with Crippen LogP contribution in [0.3, 0.4) is 0 Å². The highest BCUT2D eigenvalue weighted by Crippen LogP contribution is 2.35. The summed E-state index contributed by atoms with van der Waals surface area (Å²) in [6, 6.07) is 11.2. The summed E-state index contributed by atoms with van der Waals surface area (Å²) >= 11 is 7.19. The van der Waals surface area contributed by atoms with Gasteiger partial charge in [0.05, 0.1) is 4.92 Å². The van der Waals surface area contributed by atoms with E-state index in [4.69, 9.17) is 21.1 Å². The second-order valence-electron chi connectivity index (χ2n) is 6.27. The molecular weight excluding hydrogens is 406 g/mol. The summed E-state index contributed by atoms with van der Waals surface area (Å²) in [5.74, 6) is -3.07. The maximum Gasteiger partial charge on any atom is 0.348 e. The summed E-state index contributed by atoms with van der Waals surface area (Å²) in [6.07, 6.45) is 1.24. The minimum Gasteiger partial charge on any atom is -0.419 e. The molecule has 0 aliphatic carbocycles. The van der Waals surface area contributed by atoms with Crippen LogP contribution in [0.25, 0.3) is 6.08 Å². The third-order valence-corrected chi connectivity index (χ3v) is 5.01. The molecule has 1 fully saturated rings. The van der Waals surface area contributed by atoms with E-state index in [1.165, 1.54) is 43.8 Å². The zero-order valence-electron chi connectivity index (χ0n) is 14.8. The molecule has 1 heterocycles. The van der Waals surface area contributed by atoms with Gasteiger partial charge in [-0.1, -0.05) is 23.4 Å². The number of non-ortho nitro benzene ring substituents is 1. The number of nitro groups is 1. The number of carbonyl (C=O) groups is 2. The van der Waals surface area contributed by atoms with Crippen LogP contribution in [0.1, 0.15) is 19.4 Å². The first-order valence-corrected chi connectivity index (χ1v) is 9.24. The number of ether oxygens (including phenoxy) is 2. The number of nitro benzene ring substituents is 1. The third-order valence-electron chi connectivity index (χ3n) is 3.66. The smallest absolute Gasteiger partial charge is 0.348 e. The van der Waals surface area contributed by atoms with E-state index in [1.54, 1.807) is 30.3 Å². The van der Waals surface area contributed by atoms with E-state index in [0.717, 1.165) is 4.90 Å². The normalized spacial score (nSPS) is 15.6. The Morgan fingerprint density at radius 1 is 1.07 bits per heavy atom. The van der Waals surface area contributed by atoms with Crippen molar-refractivity contribution in [3.05, 3.63) is 68.7 Å². The van der Waals surface area contributed by atoms with Crippen molar-refractivity contribution < 1.29 is 24.0 Å². The topological polar surface area (TPSA) is 95.7 Å². The predicted octanol–water partition coefficient (Wildman–Crippen LogP) is 4.62. The number of nitrogens with zero attached hydrogens (tertiary/aromatic N) is 1. The van der Waals surface area contributed by atoms with E-state index in [1.807, 2.05) is 0 Å². The molecule has 1 aliphatic heterocycles. The quantitative estimate of drug-likeness (QED) is 0.234. The second kappa shape index (κ2) is 7.65. The van der Waals surface area contributed by atoms with Crippen LogP contribution in [0.4, 0.5) is 5.69 Å². The molecule has 28 heavy (non-hydrogen) atoms. The Bertz CT molecular complexity index is 978. The molecule has 0 saturated carbocycles. The number of benzene rings is 2. The molecule has 0 aromatic heterocycles. The van der Waals surface area contributed by atoms with Crippen molar-refractivity contribution in [2.75, 3.05) is 0 Å². The number of rotatable bonds is 4. The Kier molecular flexibility index (Phi) is 5.44. The van der Waals surface area contributed by atoms with Crippen LogP contribution in [0.15, 0.2) is 57.8 Å². The minimum absolute atomic E-state index is 0.176. The highest BCUT2D eigenvalue weighted by Gasteiger charge is 2.39. The minimum atomic E-state index is -1.37. The van der Waals surface area contributed by atoms with Crippen molar-refractivity contribution >= 4 is 47.1 Å². The molecule has 0 bridgehead atoms. The molecule has 0 unspecified atom stereocenters. The van der Waals surface area contributed by atoms with Crippen molar-refractivity contribution in [3.8, 4) is 0 Å². The van der Waals surface area contributed by atoms with E-state index in [9.17, 15) is 19.7 Å². The molecule has 0 radical (unpaired) electrons. The summed E-state index contributed by atoms with van der Waals surface area (Å²) in [4.78, 5) is 36.4. The summed E-state index contributed by atoms with van der Waals surface area (Å²) in [5, 5.41) is 11.7.